The third kappa shape index (κ3) is 14.4. The Balaban J connectivity index is 0.00000166. The van der Waals surface area contributed by atoms with Crippen LogP contribution < -0.4 is 0 Å². The predicted octanol–water partition coefficient (Wildman–Crippen LogP) is 16.0. The van der Waals surface area contributed by atoms with Crippen LogP contribution in [0, 0.1) is 46.3 Å². The van der Waals surface area contributed by atoms with Gasteiger partial charge >= 0.3 is 5.97 Å². The van der Waals surface area contributed by atoms with E-state index in [0.717, 1.165) is 61.2 Å². The number of fused-ring (bicyclic) bond motifs is 5. The number of rotatable bonds is 21. The summed E-state index contributed by atoms with van der Waals surface area (Å²) in [5.41, 5.74) is 2.53. The highest BCUT2D eigenvalue weighted by molar-refractivity contribution is 6.63. The zero-order valence-electron chi connectivity index (χ0n) is 34.0. The van der Waals surface area contributed by atoms with E-state index in [0.29, 0.717) is 17.3 Å². The third-order valence-corrected chi connectivity index (χ3v) is 14.2. The molecule has 0 saturated heterocycles. The SMILES string of the molecule is CCCCCCCCC=CCCCCCCCC(=O)O[C@H]1CC[C@@]2(C)C(=CC[C@H]3[C@@H]4CC[C@H]([C@H](C)CCCC(C)C)[C@@]4(C)CC[C@@H]32)C1.ClC(Cl)Cl. The van der Waals surface area contributed by atoms with E-state index in [2.05, 4.69) is 59.8 Å². The van der Waals surface area contributed by atoms with E-state index < -0.39 is 4.30 Å². The maximum absolute atomic E-state index is 12.8. The lowest BCUT2D eigenvalue weighted by molar-refractivity contribution is -0.151. The average molecular weight is 770 g/mol. The molecule has 0 unspecified atom stereocenters. The highest BCUT2D eigenvalue weighted by Gasteiger charge is 2.59. The quantitative estimate of drug-likeness (QED) is 0.0503. The van der Waals surface area contributed by atoms with Crippen molar-refractivity contribution in [1.29, 1.82) is 0 Å². The minimum Gasteiger partial charge on any atom is -0.462 e. The van der Waals surface area contributed by atoms with Crippen LogP contribution in [0.1, 0.15) is 202 Å². The standard InChI is InChI=1S/C45H78O2.CHCl3/c1-7-8-9-10-11-12-13-14-15-16-17-18-19-20-21-25-43(46)47-38-30-32-44(5)37(34-38)26-27-39-41-29-28-40(36(4)24-22-23-35(2)3)45(41,6)33-31-42(39)44;2-1(3)4/h14-15,26,35-36,38-42H,7-13,16-25,27-34H2,1-6H3;1H/t36-,38+,39+,40-,41+,42+,44+,45-;/m1./s1. The first-order valence-electron chi connectivity index (χ1n) is 21.9. The van der Waals surface area contributed by atoms with Crippen molar-refractivity contribution in [2.45, 2.75) is 212 Å². The van der Waals surface area contributed by atoms with Crippen molar-refractivity contribution in [3.63, 3.8) is 0 Å². The molecule has 0 aromatic carbocycles. The second-order valence-corrected chi connectivity index (χ2v) is 20.2. The smallest absolute Gasteiger partial charge is 0.306 e. The van der Waals surface area contributed by atoms with Gasteiger partial charge in [-0.05, 0) is 123 Å². The van der Waals surface area contributed by atoms with Gasteiger partial charge in [-0.3, -0.25) is 4.79 Å². The molecular weight excluding hydrogens is 691 g/mol. The molecule has 0 amide bonds. The van der Waals surface area contributed by atoms with Crippen LogP contribution in [0.2, 0.25) is 0 Å². The summed E-state index contributed by atoms with van der Waals surface area (Å²) in [6.07, 6.45) is 39.5. The molecule has 51 heavy (non-hydrogen) atoms. The minimum atomic E-state index is -0.750. The first-order valence-corrected chi connectivity index (χ1v) is 23.2. The van der Waals surface area contributed by atoms with Gasteiger partial charge in [-0.15, -0.1) is 0 Å². The molecule has 4 rings (SSSR count). The highest BCUT2D eigenvalue weighted by Crippen LogP contribution is 2.67. The Labute approximate surface area is 331 Å². The van der Waals surface area contributed by atoms with Gasteiger partial charge in [0.25, 0.3) is 0 Å². The monoisotopic (exact) mass is 769 g/mol. The zero-order valence-corrected chi connectivity index (χ0v) is 36.2. The molecule has 5 heteroatoms. The molecule has 0 aromatic rings. The molecule has 4 aliphatic rings. The van der Waals surface area contributed by atoms with Crippen LogP contribution in [0.3, 0.4) is 0 Å². The van der Waals surface area contributed by atoms with Crippen LogP contribution in [-0.4, -0.2) is 16.4 Å². The Hall–Kier alpha value is -0.180. The first-order chi connectivity index (χ1) is 24.4. The lowest BCUT2D eigenvalue weighted by atomic mass is 9.47. The number of carbonyl (C=O) groups excluding carboxylic acids is 1. The summed E-state index contributed by atoms with van der Waals surface area (Å²) in [5.74, 6) is 5.31. The van der Waals surface area contributed by atoms with Gasteiger partial charge in [0.2, 0.25) is 0 Å². The maximum atomic E-state index is 12.8. The molecule has 3 saturated carbocycles. The number of ether oxygens (including phenoxy) is 1. The van der Waals surface area contributed by atoms with E-state index in [4.69, 9.17) is 39.5 Å². The van der Waals surface area contributed by atoms with Gasteiger partial charge in [-0.1, -0.05) is 171 Å². The minimum absolute atomic E-state index is 0.0541. The Morgan fingerprint density at radius 3 is 2.08 bits per heavy atom. The summed E-state index contributed by atoms with van der Waals surface area (Å²) in [6.45, 7) is 14.9. The molecule has 296 valence electrons. The van der Waals surface area contributed by atoms with Gasteiger partial charge in [0.05, 0.1) is 0 Å². The van der Waals surface area contributed by atoms with Gasteiger partial charge in [0, 0.05) is 12.8 Å². The van der Waals surface area contributed by atoms with E-state index >= 15 is 0 Å². The summed E-state index contributed by atoms with van der Waals surface area (Å²) in [4.78, 5) is 12.8. The van der Waals surface area contributed by atoms with Crippen LogP contribution in [0.15, 0.2) is 23.8 Å². The number of esters is 1. The van der Waals surface area contributed by atoms with Crippen LogP contribution in [0.25, 0.3) is 0 Å². The van der Waals surface area contributed by atoms with Crippen molar-refractivity contribution < 1.29 is 9.53 Å². The molecule has 2 nitrogen and oxygen atoms in total. The zero-order chi connectivity index (χ0) is 37.3. The molecule has 0 bridgehead atoms. The average Bonchev–Trinajstić information content (AvgIpc) is 3.43. The largest absolute Gasteiger partial charge is 0.462 e. The lowest BCUT2D eigenvalue weighted by Gasteiger charge is -2.58. The first kappa shape index (κ1) is 45.2. The maximum Gasteiger partial charge on any atom is 0.306 e. The summed E-state index contributed by atoms with van der Waals surface area (Å²) >= 11 is 14.4. The molecule has 0 N–H and O–H groups in total. The van der Waals surface area contributed by atoms with Gasteiger partial charge in [-0.2, -0.15) is 0 Å². The fraction of sp³-hybridized carbons (Fsp3) is 0.891. The Morgan fingerprint density at radius 2 is 1.43 bits per heavy atom. The summed E-state index contributed by atoms with van der Waals surface area (Å²) in [6, 6.07) is 0. The summed E-state index contributed by atoms with van der Waals surface area (Å²) in [7, 11) is 0. The molecule has 8 atom stereocenters. The molecule has 3 fully saturated rings. The number of carbonyl (C=O) groups is 1. The molecule has 0 heterocycles. The Kier molecular flexibility index (Phi) is 21.0. The summed E-state index contributed by atoms with van der Waals surface area (Å²) < 4.78 is 5.37. The fourth-order valence-corrected chi connectivity index (χ4v) is 11.3. The normalized spacial score (nSPS) is 30.7. The van der Waals surface area contributed by atoms with Crippen molar-refractivity contribution in [1.82, 2.24) is 0 Å². The van der Waals surface area contributed by atoms with Gasteiger partial charge in [-0.25, -0.2) is 0 Å². The number of unbranched alkanes of at least 4 members (excludes halogenated alkanes) is 11. The number of allylic oxidation sites excluding steroid dienone is 3. The lowest BCUT2D eigenvalue weighted by Crippen LogP contribution is -2.51. The molecule has 0 spiro atoms. The van der Waals surface area contributed by atoms with E-state index in [-0.39, 0.29) is 12.1 Å². The van der Waals surface area contributed by atoms with E-state index in [1.54, 1.807) is 5.57 Å². The molecule has 4 aliphatic carbocycles. The number of hydrogen-bond donors (Lipinski definition) is 0. The molecule has 0 aliphatic heterocycles. The topological polar surface area (TPSA) is 26.3 Å². The van der Waals surface area contributed by atoms with Crippen molar-refractivity contribution in [3.05, 3.63) is 23.8 Å². The third-order valence-electron chi connectivity index (χ3n) is 14.2. The van der Waals surface area contributed by atoms with Crippen LogP contribution in [0.5, 0.6) is 0 Å². The van der Waals surface area contributed by atoms with Crippen LogP contribution >= 0.6 is 34.8 Å². The Morgan fingerprint density at radius 1 is 0.804 bits per heavy atom. The van der Waals surface area contributed by atoms with E-state index in [1.165, 1.54) is 128 Å². The second kappa shape index (κ2) is 23.7. The number of hydrogen-bond acceptors (Lipinski definition) is 2. The molecule has 0 radical (unpaired) electrons. The van der Waals surface area contributed by atoms with Crippen molar-refractivity contribution in [3.8, 4) is 0 Å². The van der Waals surface area contributed by atoms with E-state index in [9.17, 15) is 4.79 Å². The Bertz CT molecular complexity index is 1030. The van der Waals surface area contributed by atoms with Crippen LogP contribution in [-0.2, 0) is 9.53 Å². The van der Waals surface area contributed by atoms with Crippen molar-refractivity contribution >= 4 is 40.8 Å². The van der Waals surface area contributed by atoms with Gasteiger partial charge in [0.15, 0.2) is 4.30 Å². The molecular formula is C46H79Cl3O2. The second-order valence-electron chi connectivity index (χ2n) is 18.2. The van der Waals surface area contributed by atoms with Crippen molar-refractivity contribution in [2.75, 3.05) is 0 Å². The number of halogens is 3. The van der Waals surface area contributed by atoms with Gasteiger partial charge in [0.1, 0.15) is 6.10 Å². The van der Waals surface area contributed by atoms with Gasteiger partial charge < -0.3 is 4.74 Å². The summed E-state index contributed by atoms with van der Waals surface area (Å²) in [5, 5.41) is 0. The fourth-order valence-electron chi connectivity index (χ4n) is 11.3. The van der Waals surface area contributed by atoms with Crippen LogP contribution in [0.4, 0.5) is 0 Å². The highest BCUT2D eigenvalue weighted by atomic mass is 35.6. The predicted molar refractivity (Wildman–Crippen MR) is 224 cm³/mol. The molecule has 0 aromatic heterocycles. The van der Waals surface area contributed by atoms with Crippen molar-refractivity contribution in [2.24, 2.45) is 46.3 Å². The van der Waals surface area contributed by atoms with E-state index in [1.807, 2.05) is 0 Å². The number of alkyl halides is 3.